The molecule has 4 heterocycles. The van der Waals surface area contributed by atoms with Gasteiger partial charge in [-0.15, -0.1) is 21.5 Å². The fourth-order valence-electron chi connectivity index (χ4n) is 3.81. The summed E-state index contributed by atoms with van der Waals surface area (Å²) < 4.78 is 17.0. The van der Waals surface area contributed by atoms with Crippen LogP contribution in [0.2, 0.25) is 5.02 Å². The van der Waals surface area contributed by atoms with Gasteiger partial charge in [-0.05, 0) is 30.5 Å². The van der Waals surface area contributed by atoms with Crippen LogP contribution in [-0.4, -0.2) is 36.0 Å². The van der Waals surface area contributed by atoms with Crippen molar-refractivity contribution in [3.8, 4) is 0 Å². The molecule has 1 aliphatic rings. The number of carbonyl (C=O) groups is 2. The first-order chi connectivity index (χ1) is 14.7. The summed E-state index contributed by atoms with van der Waals surface area (Å²) in [7, 11) is 1.58. The molecule has 1 aromatic carbocycles. The lowest BCUT2D eigenvalue weighted by Gasteiger charge is -2.23. The molecule has 1 N–H and O–H groups in total. The second-order valence-corrected chi connectivity index (χ2v) is 8.64. The fraction of sp³-hybridized carbons (Fsp3) is 0.211. The van der Waals surface area contributed by atoms with Crippen molar-refractivity contribution in [3.63, 3.8) is 0 Å². The molecule has 12 heteroatoms. The molecule has 1 saturated heterocycles. The average Bonchev–Trinajstić information content (AvgIpc) is 3.40. The number of nitrogens with zero attached hydrogens (tertiary/aromatic N) is 5. The number of benzene rings is 1. The maximum Gasteiger partial charge on any atom is 0.325 e. The first kappa shape index (κ1) is 19.6. The van der Waals surface area contributed by atoms with Crippen molar-refractivity contribution in [1.82, 2.24) is 29.4 Å². The predicted molar refractivity (Wildman–Crippen MR) is 111 cm³/mol. The molecule has 0 bridgehead atoms. The van der Waals surface area contributed by atoms with Crippen LogP contribution in [-0.2, 0) is 23.9 Å². The first-order valence-electron chi connectivity index (χ1n) is 9.12. The summed E-state index contributed by atoms with van der Waals surface area (Å²) in [5, 5.41) is 12.6. The minimum Gasteiger partial charge on any atom is -0.319 e. The molecule has 31 heavy (non-hydrogen) atoms. The normalized spacial score (nSPS) is 19.0. The number of aromatic nitrogens is 4. The second kappa shape index (κ2) is 6.59. The zero-order valence-electron chi connectivity index (χ0n) is 16.2. The van der Waals surface area contributed by atoms with Gasteiger partial charge < -0.3 is 5.32 Å². The Morgan fingerprint density at radius 3 is 2.74 bits per heavy atom. The molecule has 9 nitrogen and oxygen atoms in total. The zero-order chi connectivity index (χ0) is 22.1. The first-order valence-corrected chi connectivity index (χ1v) is 10.4. The van der Waals surface area contributed by atoms with Crippen LogP contribution in [0.25, 0.3) is 16.0 Å². The Morgan fingerprint density at radius 2 is 2.00 bits per heavy atom. The molecule has 1 fully saturated rings. The molecular weight excluding hydrogens is 447 g/mol. The van der Waals surface area contributed by atoms with E-state index in [1.807, 2.05) is 0 Å². The van der Waals surface area contributed by atoms with E-state index in [2.05, 4.69) is 15.5 Å². The van der Waals surface area contributed by atoms with Gasteiger partial charge in [-0.1, -0.05) is 17.7 Å². The highest BCUT2D eigenvalue weighted by Crippen LogP contribution is 2.34. The van der Waals surface area contributed by atoms with Gasteiger partial charge in [-0.2, -0.15) is 0 Å². The number of amides is 3. The number of nitrogens with one attached hydrogen (secondary N) is 1. The fourth-order valence-corrected chi connectivity index (χ4v) is 5.02. The van der Waals surface area contributed by atoms with E-state index in [4.69, 9.17) is 11.6 Å². The van der Waals surface area contributed by atoms with Crippen LogP contribution in [0.3, 0.4) is 0 Å². The minimum atomic E-state index is -1.47. The topological polar surface area (TPSA) is 102 Å². The Balaban J connectivity index is 1.58. The van der Waals surface area contributed by atoms with Gasteiger partial charge in [0.15, 0.2) is 5.82 Å². The molecule has 0 aliphatic carbocycles. The summed E-state index contributed by atoms with van der Waals surface area (Å²) in [4.78, 5) is 39.4. The van der Waals surface area contributed by atoms with E-state index < -0.39 is 23.3 Å². The number of rotatable bonds is 3. The number of hydrogen-bond acceptors (Lipinski definition) is 6. The third kappa shape index (κ3) is 2.70. The number of thiophene rings is 1. The summed E-state index contributed by atoms with van der Waals surface area (Å²) >= 11 is 7.43. The van der Waals surface area contributed by atoms with Gasteiger partial charge >= 0.3 is 6.03 Å². The smallest absolute Gasteiger partial charge is 0.319 e. The maximum absolute atomic E-state index is 13.5. The molecule has 1 atom stereocenters. The van der Waals surface area contributed by atoms with Crippen LogP contribution < -0.4 is 10.9 Å². The van der Waals surface area contributed by atoms with Crippen LogP contribution in [0.1, 0.15) is 18.3 Å². The predicted octanol–water partition coefficient (Wildman–Crippen LogP) is 2.40. The van der Waals surface area contributed by atoms with Crippen molar-refractivity contribution in [2.24, 2.45) is 7.05 Å². The summed E-state index contributed by atoms with van der Waals surface area (Å²) in [5.41, 5.74) is -0.790. The molecule has 1 aliphatic heterocycles. The highest BCUT2D eigenvalue weighted by molar-refractivity contribution is 7.17. The second-order valence-electron chi connectivity index (χ2n) is 7.32. The third-order valence-electron chi connectivity index (χ3n) is 5.44. The lowest BCUT2D eigenvalue weighted by molar-refractivity contribution is -0.131. The standard InChI is InChI=1S/C19H14ClFN6O3S/c1-19(10-4-3-9(21)7-11(10)20)16(29)26(18(30)22-19)8-13-23-24-17-25(2)15(28)14-12(27(13)17)5-6-31-14/h3-7H,8H2,1-2H3,(H,22,30). The zero-order valence-corrected chi connectivity index (χ0v) is 17.8. The van der Waals surface area contributed by atoms with E-state index in [1.54, 1.807) is 22.9 Å². The van der Waals surface area contributed by atoms with Gasteiger partial charge in [0.1, 0.15) is 16.1 Å². The Labute approximate surface area is 182 Å². The van der Waals surface area contributed by atoms with Gasteiger partial charge in [0.25, 0.3) is 11.5 Å². The summed E-state index contributed by atoms with van der Waals surface area (Å²) in [6, 6.07) is 4.75. The van der Waals surface area contributed by atoms with Crippen LogP contribution in [0, 0.1) is 5.82 Å². The number of halogens is 2. The van der Waals surface area contributed by atoms with E-state index in [-0.39, 0.29) is 22.7 Å². The number of imide groups is 1. The minimum absolute atomic E-state index is 0.0286. The largest absolute Gasteiger partial charge is 0.325 e. The van der Waals surface area contributed by atoms with Gasteiger partial charge in [0.2, 0.25) is 5.78 Å². The summed E-state index contributed by atoms with van der Waals surface area (Å²) in [5.74, 6) is -0.505. The highest BCUT2D eigenvalue weighted by atomic mass is 35.5. The van der Waals surface area contributed by atoms with Crippen LogP contribution in [0.5, 0.6) is 0 Å². The van der Waals surface area contributed by atoms with Crippen molar-refractivity contribution in [3.05, 3.63) is 62.2 Å². The van der Waals surface area contributed by atoms with Gasteiger partial charge in [-0.25, -0.2) is 9.18 Å². The van der Waals surface area contributed by atoms with Crippen molar-refractivity contribution in [2.75, 3.05) is 0 Å². The van der Waals surface area contributed by atoms with Crippen LogP contribution >= 0.6 is 22.9 Å². The molecule has 0 radical (unpaired) electrons. The number of aryl methyl sites for hydroxylation is 1. The number of fused-ring (bicyclic) bond motifs is 3. The molecule has 5 rings (SSSR count). The Hall–Kier alpha value is -3.31. The summed E-state index contributed by atoms with van der Waals surface area (Å²) in [6.07, 6.45) is 0. The summed E-state index contributed by atoms with van der Waals surface area (Å²) in [6.45, 7) is 1.33. The maximum atomic E-state index is 13.5. The van der Waals surface area contributed by atoms with Crippen molar-refractivity contribution < 1.29 is 14.0 Å². The Kier molecular flexibility index (Phi) is 4.18. The molecular formula is C19H14ClFN6O3S. The Morgan fingerprint density at radius 1 is 1.23 bits per heavy atom. The van der Waals surface area contributed by atoms with Gasteiger partial charge in [-0.3, -0.25) is 23.5 Å². The molecule has 1 unspecified atom stereocenters. The number of carbonyl (C=O) groups excluding carboxylic acids is 2. The quantitative estimate of drug-likeness (QED) is 0.473. The SMILES string of the molecule is Cn1c(=O)c2sccc2n2c(CN3C(=O)NC(C)(c4ccc(F)cc4Cl)C3=O)nnc12. The van der Waals surface area contributed by atoms with Crippen LogP contribution in [0.4, 0.5) is 9.18 Å². The number of hydrogen-bond donors (Lipinski definition) is 1. The molecule has 0 spiro atoms. The van der Waals surface area contributed by atoms with Crippen molar-refractivity contribution in [1.29, 1.82) is 0 Å². The monoisotopic (exact) mass is 460 g/mol. The lowest BCUT2D eigenvalue weighted by atomic mass is 9.92. The van der Waals surface area contributed by atoms with E-state index in [0.29, 0.717) is 21.8 Å². The van der Waals surface area contributed by atoms with Gasteiger partial charge in [0.05, 0.1) is 12.1 Å². The Bertz CT molecular complexity index is 1480. The molecule has 0 saturated carbocycles. The molecule has 3 aromatic heterocycles. The van der Waals surface area contributed by atoms with Crippen LogP contribution in [0.15, 0.2) is 34.4 Å². The van der Waals surface area contributed by atoms with E-state index in [9.17, 15) is 18.8 Å². The van der Waals surface area contributed by atoms with Gasteiger partial charge in [0, 0.05) is 17.6 Å². The highest BCUT2D eigenvalue weighted by Gasteiger charge is 2.50. The van der Waals surface area contributed by atoms with E-state index in [1.165, 1.54) is 35.0 Å². The average molecular weight is 461 g/mol. The van der Waals surface area contributed by atoms with E-state index in [0.717, 1.165) is 11.0 Å². The molecule has 4 aromatic rings. The lowest BCUT2D eigenvalue weighted by Crippen LogP contribution is -2.41. The molecule has 3 amide bonds. The van der Waals surface area contributed by atoms with E-state index >= 15 is 0 Å². The molecule has 158 valence electrons. The van der Waals surface area contributed by atoms with Crippen molar-refractivity contribution in [2.45, 2.75) is 19.0 Å². The van der Waals surface area contributed by atoms with Crippen molar-refractivity contribution >= 4 is 50.9 Å². The third-order valence-corrected chi connectivity index (χ3v) is 6.65. The number of urea groups is 1.